The third-order valence-corrected chi connectivity index (χ3v) is 4.15. The lowest BCUT2D eigenvalue weighted by Crippen LogP contribution is -2.40. The normalized spacial score (nSPS) is 21.6. The van der Waals surface area contributed by atoms with Crippen molar-refractivity contribution >= 4 is 0 Å². The van der Waals surface area contributed by atoms with Crippen LogP contribution < -0.4 is 19.5 Å². The van der Waals surface area contributed by atoms with Gasteiger partial charge in [-0.2, -0.15) is 0 Å². The average Bonchev–Trinajstić information content (AvgIpc) is 2.91. The topological polar surface area (TPSA) is 43.0 Å². The summed E-state index contributed by atoms with van der Waals surface area (Å²) < 4.78 is 17.3. The highest BCUT2D eigenvalue weighted by molar-refractivity contribution is 5.58. The number of fused-ring (bicyclic) bond motifs is 3. The number of hydrogen-bond donors (Lipinski definition) is 1. The van der Waals surface area contributed by atoms with E-state index in [4.69, 9.17) is 14.2 Å². The van der Waals surface area contributed by atoms with Gasteiger partial charge in [-0.05, 0) is 59.6 Å². The van der Waals surface area contributed by atoms with Crippen LogP contribution in [0.25, 0.3) is 0 Å². The standard InChI is InChI=1S/C17H26N2O3/c1-17(2)10-13(18-8-5-9-19(3)4)12-6-7-14-16(15(12)22-17)21-11-20-14/h6-7,13,18H,5,8-11H2,1-4H3. The van der Waals surface area contributed by atoms with Crippen LogP contribution in [0.5, 0.6) is 17.2 Å². The smallest absolute Gasteiger partial charge is 0.231 e. The second-order valence-corrected chi connectivity index (χ2v) is 6.95. The van der Waals surface area contributed by atoms with Crippen LogP contribution in [-0.4, -0.2) is 44.5 Å². The highest BCUT2D eigenvalue weighted by Crippen LogP contribution is 2.50. The van der Waals surface area contributed by atoms with Crippen molar-refractivity contribution in [3.8, 4) is 17.2 Å². The van der Waals surface area contributed by atoms with Gasteiger partial charge in [0.1, 0.15) is 5.60 Å². The minimum Gasteiger partial charge on any atom is -0.483 e. The number of hydrogen-bond acceptors (Lipinski definition) is 5. The van der Waals surface area contributed by atoms with Crippen molar-refractivity contribution in [1.82, 2.24) is 10.2 Å². The molecule has 122 valence electrons. The fraction of sp³-hybridized carbons (Fsp3) is 0.647. The number of nitrogens with one attached hydrogen (secondary N) is 1. The van der Waals surface area contributed by atoms with E-state index in [-0.39, 0.29) is 18.4 Å². The number of ether oxygens (including phenoxy) is 3. The van der Waals surface area contributed by atoms with Crippen molar-refractivity contribution in [3.05, 3.63) is 17.7 Å². The summed E-state index contributed by atoms with van der Waals surface area (Å²) in [5, 5.41) is 3.68. The molecule has 2 aliphatic heterocycles. The van der Waals surface area contributed by atoms with Gasteiger partial charge in [-0.15, -0.1) is 0 Å². The predicted molar refractivity (Wildman–Crippen MR) is 85.8 cm³/mol. The first-order valence-electron chi connectivity index (χ1n) is 7.96. The Balaban J connectivity index is 1.78. The van der Waals surface area contributed by atoms with Gasteiger partial charge in [0.25, 0.3) is 0 Å². The predicted octanol–water partition coefficient (Wildman–Crippen LogP) is 2.56. The Labute approximate surface area is 132 Å². The van der Waals surface area contributed by atoms with Crippen LogP contribution >= 0.6 is 0 Å². The van der Waals surface area contributed by atoms with Gasteiger partial charge in [0.15, 0.2) is 11.5 Å². The first-order chi connectivity index (χ1) is 10.5. The molecule has 5 heteroatoms. The summed E-state index contributed by atoms with van der Waals surface area (Å²) >= 11 is 0. The zero-order chi connectivity index (χ0) is 15.7. The molecule has 3 rings (SSSR count). The van der Waals surface area contributed by atoms with E-state index in [1.165, 1.54) is 5.56 Å². The summed E-state index contributed by atoms with van der Waals surface area (Å²) in [6.45, 7) is 6.61. The molecule has 1 aromatic rings. The Kier molecular flexibility index (Phi) is 4.19. The lowest BCUT2D eigenvalue weighted by molar-refractivity contribution is 0.0610. The molecule has 0 spiro atoms. The van der Waals surface area contributed by atoms with Crippen LogP contribution in [0, 0.1) is 0 Å². The van der Waals surface area contributed by atoms with E-state index in [1.54, 1.807) is 0 Å². The van der Waals surface area contributed by atoms with Crippen molar-refractivity contribution in [2.45, 2.75) is 38.3 Å². The first-order valence-corrected chi connectivity index (χ1v) is 7.96. The number of rotatable bonds is 5. The molecule has 0 saturated carbocycles. The van der Waals surface area contributed by atoms with Crippen molar-refractivity contribution in [2.24, 2.45) is 0 Å². The van der Waals surface area contributed by atoms with E-state index in [0.717, 1.165) is 43.2 Å². The SMILES string of the molecule is CN(C)CCCNC1CC(C)(C)Oc2c1ccc1c2OCO1. The van der Waals surface area contributed by atoms with E-state index >= 15 is 0 Å². The second-order valence-electron chi connectivity index (χ2n) is 6.95. The summed E-state index contributed by atoms with van der Waals surface area (Å²) in [6.07, 6.45) is 2.08. The summed E-state index contributed by atoms with van der Waals surface area (Å²) in [5.41, 5.74) is 0.959. The molecule has 0 fully saturated rings. The van der Waals surface area contributed by atoms with E-state index in [2.05, 4.69) is 44.2 Å². The van der Waals surface area contributed by atoms with Crippen LogP contribution in [0.15, 0.2) is 12.1 Å². The number of benzene rings is 1. The minimum atomic E-state index is -0.215. The zero-order valence-electron chi connectivity index (χ0n) is 13.9. The highest BCUT2D eigenvalue weighted by Gasteiger charge is 2.37. The fourth-order valence-electron chi connectivity index (χ4n) is 3.11. The molecule has 2 aliphatic rings. The maximum absolute atomic E-state index is 6.18. The van der Waals surface area contributed by atoms with Gasteiger partial charge in [0.05, 0.1) is 0 Å². The summed E-state index contributed by atoms with van der Waals surface area (Å²) in [5.74, 6) is 2.38. The molecule has 0 bridgehead atoms. The zero-order valence-corrected chi connectivity index (χ0v) is 13.9. The molecule has 5 nitrogen and oxygen atoms in total. The Morgan fingerprint density at radius 2 is 2.05 bits per heavy atom. The Bertz CT molecular complexity index is 543. The second kappa shape index (κ2) is 5.97. The minimum absolute atomic E-state index is 0.215. The molecule has 1 aromatic carbocycles. The third kappa shape index (κ3) is 3.15. The Morgan fingerprint density at radius 3 is 2.82 bits per heavy atom. The van der Waals surface area contributed by atoms with Gasteiger partial charge >= 0.3 is 0 Å². The molecule has 0 radical (unpaired) electrons. The Hall–Kier alpha value is -1.46. The maximum atomic E-state index is 6.18. The Morgan fingerprint density at radius 1 is 1.23 bits per heavy atom. The molecule has 1 atom stereocenters. The highest BCUT2D eigenvalue weighted by atomic mass is 16.7. The molecule has 0 aliphatic carbocycles. The van der Waals surface area contributed by atoms with Gasteiger partial charge in [0, 0.05) is 18.0 Å². The van der Waals surface area contributed by atoms with E-state index in [9.17, 15) is 0 Å². The fourth-order valence-corrected chi connectivity index (χ4v) is 3.11. The molecule has 0 saturated heterocycles. The van der Waals surface area contributed by atoms with Crippen molar-refractivity contribution < 1.29 is 14.2 Å². The molecule has 0 aromatic heterocycles. The van der Waals surface area contributed by atoms with Crippen LogP contribution in [-0.2, 0) is 0 Å². The molecule has 1 unspecified atom stereocenters. The van der Waals surface area contributed by atoms with Gasteiger partial charge in [-0.25, -0.2) is 0 Å². The van der Waals surface area contributed by atoms with Gasteiger partial charge in [-0.3, -0.25) is 0 Å². The van der Waals surface area contributed by atoms with Gasteiger partial charge < -0.3 is 24.4 Å². The van der Waals surface area contributed by atoms with E-state index < -0.39 is 0 Å². The van der Waals surface area contributed by atoms with E-state index in [1.807, 2.05) is 6.07 Å². The summed E-state index contributed by atoms with van der Waals surface area (Å²) in [4.78, 5) is 2.21. The van der Waals surface area contributed by atoms with Crippen LogP contribution in [0.2, 0.25) is 0 Å². The van der Waals surface area contributed by atoms with Crippen molar-refractivity contribution in [2.75, 3.05) is 34.0 Å². The average molecular weight is 306 g/mol. The molecule has 1 N–H and O–H groups in total. The largest absolute Gasteiger partial charge is 0.483 e. The number of nitrogens with zero attached hydrogens (tertiary/aromatic N) is 1. The first kappa shape index (κ1) is 15.4. The third-order valence-electron chi connectivity index (χ3n) is 4.15. The van der Waals surface area contributed by atoms with Crippen LogP contribution in [0.1, 0.15) is 38.3 Å². The molecule has 2 heterocycles. The van der Waals surface area contributed by atoms with Crippen LogP contribution in [0.4, 0.5) is 0 Å². The monoisotopic (exact) mass is 306 g/mol. The van der Waals surface area contributed by atoms with Gasteiger partial charge in [0.2, 0.25) is 12.5 Å². The van der Waals surface area contributed by atoms with Crippen molar-refractivity contribution in [1.29, 1.82) is 0 Å². The molecule has 0 amide bonds. The van der Waals surface area contributed by atoms with E-state index in [0.29, 0.717) is 0 Å². The maximum Gasteiger partial charge on any atom is 0.231 e. The van der Waals surface area contributed by atoms with Crippen molar-refractivity contribution in [3.63, 3.8) is 0 Å². The quantitative estimate of drug-likeness (QED) is 0.847. The molecular formula is C17H26N2O3. The van der Waals surface area contributed by atoms with Crippen LogP contribution in [0.3, 0.4) is 0 Å². The van der Waals surface area contributed by atoms with Gasteiger partial charge in [-0.1, -0.05) is 0 Å². The summed E-state index contributed by atoms with van der Waals surface area (Å²) in [6, 6.07) is 4.37. The lowest BCUT2D eigenvalue weighted by atomic mass is 9.89. The molecule has 22 heavy (non-hydrogen) atoms. The molecular weight excluding hydrogens is 280 g/mol. The lowest BCUT2D eigenvalue weighted by Gasteiger charge is -2.38. The summed E-state index contributed by atoms with van der Waals surface area (Å²) in [7, 11) is 4.21.